The van der Waals surface area contributed by atoms with Crippen molar-refractivity contribution in [3.63, 3.8) is 0 Å². The fourth-order valence-corrected chi connectivity index (χ4v) is 2.00. The van der Waals surface area contributed by atoms with E-state index >= 15 is 0 Å². The van der Waals surface area contributed by atoms with Crippen LogP contribution in [0.3, 0.4) is 0 Å². The van der Waals surface area contributed by atoms with Gasteiger partial charge in [-0.15, -0.1) is 0 Å². The molecule has 18 heavy (non-hydrogen) atoms. The number of aromatic hydroxyl groups is 1. The van der Waals surface area contributed by atoms with E-state index in [4.69, 9.17) is 4.74 Å². The van der Waals surface area contributed by atoms with E-state index in [9.17, 15) is 9.90 Å². The number of nitrogens with one attached hydrogen (secondary N) is 1. The van der Waals surface area contributed by atoms with Crippen LogP contribution in [0.25, 0.3) is 0 Å². The highest BCUT2D eigenvalue weighted by molar-refractivity contribution is 5.91. The normalized spacial score (nSPS) is 19.5. The summed E-state index contributed by atoms with van der Waals surface area (Å²) in [6.45, 7) is 2.53. The zero-order valence-corrected chi connectivity index (χ0v) is 10.5. The molecule has 0 unspecified atom stereocenters. The third kappa shape index (κ3) is 3.43. The molecule has 0 aromatic carbocycles. The Balaban J connectivity index is 1.92. The minimum atomic E-state index is -0.171. The van der Waals surface area contributed by atoms with E-state index in [-0.39, 0.29) is 23.6 Å². The zero-order chi connectivity index (χ0) is 13.0. The first-order chi connectivity index (χ1) is 8.65. The summed E-state index contributed by atoms with van der Waals surface area (Å²) in [6, 6.07) is 3.21. The molecule has 0 radical (unpaired) electrons. The van der Waals surface area contributed by atoms with Gasteiger partial charge >= 0.3 is 0 Å². The fraction of sp³-hybridized carbons (Fsp3) is 0.538. The van der Waals surface area contributed by atoms with Crippen LogP contribution in [-0.4, -0.2) is 28.7 Å². The number of hydrogen-bond acceptors (Lipinski definition) is 4. The molecule has 1 aliphatic heterocycles. The molecule has 5 nitrogen and oxygen atoms in total. The maximum Gasteiger partial charge on any atom is 0.228 e. The van der Waals surface area contributed by atoms with E-state index < -0.39 is 0 Å². The van der Waals surface area contributed by atoms with Crippen LogP contribution in [0, 0.1) is 6.92 Å². The van der Waals surface area contributed by atoms with Crippen molar-refractivity contribution < 1.29 is 14.6 Å². The highest BCUT2D eigenvalue weighted by Crippen LogP contribution is 2.21. The number of carbonyl (C=O) groups is 1. The molecule has 0 spiro atoms. The number of anilines is 1. The predicted molar refractivity (Wildman–Crippen MR) is 67.5 cm³/mol. The summed E-state index contributed by atoms with van der Waals surface area (Å²) in [6.07, 6.45) is 3.39. The van der Waals surface area contributed by atoms with Gasteiger partial charge in [0, 0.05) is 12.3 Å². The summed E-state index contributed by atoms with van der Waals surface area (Å²) < 4.78 is 5.50. The Morgan fingerprint density at radius 2 is 2.39 bits per heavy atom. The molecule has 2 heterocycles. The molecule has 2 rings (SSSR count). The molecule has 1 amide bonds. The molecule has 1 aliphatic rings. The van der Waals surface area contributed by atoms with E-state index in [2.05, 4.69) is 10.3 Å². The van der Waals surface area contributed by atoms with Crippen LogP contribution in [0.1, 0.15) is 31.4 Å². The minimum Gasteiger partial charge on any atom is -0.504 e. The van der Waals surface area contributed by atoms with Crippen molar-refractivity contribution in [2.75, 3.05) is 11.9 Å². The first kappa shape index (κ1) is 12.8. The Morgan fingerprint density at radius 1 is 1.56 bits per heavy atom. The van der Waals surface area contributed by atoms with Gasteiger partial charge < -0.3 is 15.2 Å². The third-order valence-electron chi connectivity index (χ3n) is 2.96. The van der Waals surface area contributed by atoms with E-state index in [1.165, 1.54) is 6.07 Å². The molecule has 0 aliphatic carbocycles. The van der Waals surface area contributed by atoms with E-state index in [1.54, 1.807) is 13.0 Å². The molecule has 0 bridgehead atoms. The number of aryl methyl sites for hydroxylation is 1. The van der Waals surface area contributed by atoms with Gasteiger partial charge in [0.1, 0.15) is 0 Å². The molecule has 2 N–H and O–H groups in total. The Labute approximate surface area is 106 Å². The van der Waals surface area contributed by atoms with Crippen molar-refractivity contribution in [3.05, 3.63) is 17.8 Å². The first-order valence-corrected chi connectivity index (χ1v) is 6.23. The predicted octanol–water partition coefficient (Wildman–Crippen LogP) is 1.99. The summed E-state index contributed by atoms with van der Waals surface area (Å²) in [4.78, 5) is 15.9. The zero-order valence-electron chi connectivity index (χ0n) is 10.5. The van der Waals surface area contributed by atoms with Crippen LogP contribution in [0.4, 0.5) is 5.82 Å². The summed E-state index contributed by atoms with van der Waals surface area (Å²) in [5.41, 5.74) is 0.747. The van der Waals surface area contributed by atoms with Crippen molar-refractivity contribution in [2.45, 2.75) is 38.7 Å². The number of rotatable bonds is 3. The van der Waals surface area contributed by atoms with Crippen molar-refractivity contribution in [1.82, 2.24) is 4.98 Å². The van der Waals surface area contributed by atoms with Crippen molar-refractivity contribution in [3.8, 4) is 5.75 Å². The number of carbonyl (C=O) groups excluding carboxylic acids is 1. The Bertz CT molecular complexity index is 428. The lowest BCUT2D eigenvalue weighted by Gasteiger charge is -2.21. The number of amides is 1. The topological polar surface area (TPSA) is 71.5 Å². The largest absolute Gasteiger partial charge is 0.504 e. The van der Waals surface area contributed by atoms with Gasteiger partial charge in [-0.1, -0.05) is 0 Å². The Morgan fingerprint density at radius 3 is 3.11 bits per heavy atom. The van der Waals surface area contributed by atoms with Gasteiger partial charge in [0.05, 0.1) is 12.5 Å². The van der Waals surface area contributed by atoms with Crippen LogP contribution in [0.5, 0.6) is 5.75 Å². The first-order valence-electron chi connectivity index (χ1n) is 6.23. The number of ether oxygens (including phenoxy) is 1. The second kappa shape index (κ2) is 5.82. The molecular formula is C13H18N2O3. The van der Waals surface area contributed by atoms with Crippen LogP contribution < -0.4 is 5.32 Å². The molecule has 1 saturated heterocycles. The van der Waals surface area contributed by atoms with E-state index in [0.29, 0.717) is 6.42 Å². The van der Waals surface area contributed by atoms with Crippen LogP contribution in [0.2, 0.25) is 0 Å². The molecule has 1 fully saturated rings. The van der Waals surface area contributed by atoms with Crippen LogP contribution in [-0.2, 0) is 9.53 Å². The summed E-state index contributed by atoms with van der Waals surface area (Å²) in [7, 11) is 0. The van der Waals surface area contributed by atoms with Gasteiger partial charge in [-0.05, 0) is 38.3 Å². The standard InChI is InChI=1S/C13H18N2O3/c1-9-5-6-11(16)13(14-9)15-12(17)8-10-4-2-3-7-18-10/h5-6,10,16H,2-4,7-8H2,1H3,(H,14,15,17)/t10-/m1/s1. The molecule has 1 aromatic heterocycles. The van der Waals surface area contributed by atoms with Gasteiger partial charge in [-0.2, -0.15) is 0 Å². The van der Waals surface area contributed by atoms with Crippen molar-refractivity contribution in [1.29, 1.82) is 0 Å². The second-order valence-electron chi connectivity index (χ2n) is 4.56. The van der Waals surface area contributed by atoms with Gasteiger partial charge in [0.2, 0.25) is 5.91 Å². The lowest BCUT2D eigenvalue weighted by Crippen LogP contribution is -2.25. The maximum absolute atomic E-state index is 11.8. The average Bonchev–Trinajstić information content (AvgIpc) is 2.35. The highest BCUT2D eigenvalue weighted by atomic mass is 16.5. The maximum atomic E-state index is 11.8. The fourth-order valence-electron chi connectivity index (χ4n) is 2.00. The Kier molecular flexibility index (Phi) is 4.15. The summed E-state index contributed by atoms with van der Waals surface area (Å²) >= 11 is 0. The van der Waals surface area contributed by atoms with E-state index in [0.717, 1.165) is 31.6 Å². The highest BCUT2D eigenvalue weighted by Gasteiger charge is 2.18. The van der Waals surface area contributed by atoms with Gasteiger partial charge in [0.15, 0.2) is 11.6 Å². The quantitative estimate of drug-likeness (QED) is 0.860. The molecule has 5 heteroatoms. The van der Waals surface area contributed by atoms with Gasteiger partial charge in [-0.3, -0.25) is 4.79 Å². The number of aromatic nitrogens is 1. The number of nitrogens with zero attached hydrogens (tertiary/aromatic N) is 1. The third-order valence-corrected chi connectivity index (χ3v) is 2.96. The number of hydrogen-bond donors (Lipinski definition) is 2. The second-order valence-corrected chi connectivity index (χ2v) is 4.56. The van der Waals surface area contributed by atoms with Gasteiger partial charge in [-0.25, -0.2) is 4.98 Å². The monoisotopic (exact) mass is 250 g/mol. The van der Waals surface area contributed by atoms with Crippen LogP contribution in [0.15, 0.2) is 12.1 Å². The number of pyridine rings is 1. The van der Waals surface area contributed by atoms with E-state index in [1.807, 2.05) is 0 Å². The average molecular weight is 250 g/mol. The van der Waals surface area contributed by atoms with Crippen molar-refractivity contribution >= 4 is 11.7 Å². The lowest BCUT2D eigenvalue weighted by atomic mass is 10.1. The summed E-state index contributed by atoms with van der Waals surface area (Å²) in [5.74, 6) is 0.0321. The molecule has 1 atom stereocenters. The van der Waals surface area contributed by atoms with Crippen molar-refractivity contribution in [2.24, 2.45) is 0 Å². The lowest BCUT2D eigenvalue weighted by molar-refractivity contribution is -0.119. The minimum absolute atomic E-state index is 0.00861. The summed E-state index contributed by atoms with van der Waals surface area (Å²) in [5, 5.41) is 12.2. The van der Waals surface area contributed by atoms with Crippen LogP contribution >= 0.6 is 0 Å². The SMILES string of the molecule is Cc1ccc(O)c(NC(=O)C[C@H]2CCCCO2)n1. The molecular weight excluding hydrogens is 232 g/mol. The molecule has 98 valence electrons. The smallest absolute Gasteiger partial charge is 0.228 e. The molecule has 0 saturated carbocycles. The molecule has 1 aromatic rings. The Hall–Kier alpha value is -1.62. The van der Waals surface area contributed by atoms with Gasteiger partial charge in [0.25, 0.3) is 0 Å².